The van der Waals surface area contributed by atoms with Crippen molar-refractivity contribution >= 4 is 29.2 Å². The van der Waals surface area contributed by atoms with Crippen LogP contribution in [-0.2, 0) is 4.79 Å². The largest absolute Gasteiger partial charge is 0.482 e. The SMILES string of the molecule is Cc1cc(Cl)ccc1OCC(=O)Oc1ccc2c(c1)OC(N)=C(C#N)C2c1ccc(Cl)cc1. The van der Waals surface area contributed by atoms with Crippen molar-refractivity contribution in [1.82, 2.24) is 0 Å². The molecule has 1 unspecified atom stereocenters. The van der Waals surface area contributed by atoms with Crippen LogP contribution in [0.4, 0.5) is 0 Å². The molecule has 0 fully saturated rings. The Balaban J connectivity index is 1.53. The molecule has 0 saturated heterocycles. The highest BCUT2D eigenvalue weighted by Gasteiger charge is 2.31. The molecule has 0 saturated carbocycles. The number of ether oxygens (including phenoxy) is 3. The van der Waals surface area contributed by atoms with Gasteiger partial charge >= 0.3 is 5.97 Å². The Morgan fingerprint density at radius 3 is 2.52 bits per heavy atom. The number of aryl methyl sites for hydroxylation is 1. The highest BCUT2D eigenvalue weighted by molar-refractivity contribution is 6.30. The first-order valence-corrected chi connectivity index (χ1v) is 10.7. The quantitative estimate of drug-likeness (QED) is 0.382. The van der Waals surface area contributed by atoms with E-state index in [-0.39, 0.29) is 18.2 Å². The molecule has 2 N–H and O–H groups in total. The van der Waals surface area contributed by atoms with Crippen LogP contribution in [0, 0.1) is 18.3 Å². The third-order valence-electron chi connectivity index (χ3n) is 5.11. The molecule has 4 rings (SSSR count). The topological polar surface area (TPSA) is 94.6 Å². The lowest BCUT2D eigenvalue weighted by Crippen LogP contribution is -2.21. The van der Waals surface area contributed by atoms with Gasteiger partial charge in [0.25, 0.3) is 0 Å². The van der Waals surface area contributed by atoms with E-state index in [0.29, 0.717) is 27.1 Å². The lowest BCUT2D eigenvalue weighted by molar-refractivity contribution is -0.136. The molecule has 3 aromatic carbocycles. The molecule has 1 aliphatic rings. The molecule has 6 nitrogen and oxygen atoms in total. The average Bonchev–Trinajstić information content (AvgIpc) is 2.78. The average molecular weight is 481 g/mol. The smallest absolute Gasteiger partial charge is 0.349 e. The molecule has 0 aliphatic carbocycles. The number of nitrogens with zero attached hydrogens (tertiary/aromatic N) is 1. The summed E-state index contributed by atoms with van der Waals surface area (Å²) in [4.78, 5) is 12.3. The summed E-state index contributed by atoms with van der Waals surface area (Å²) < 4.78 is 16.6. The van der Waals surface area contributed by atoms with Crippen molar-refractivity contribution in [3.05, 3.63) is 98.9 Å². The molecule has 0 bridgehead atoms. The summed E-state index contributed by atoms with van der Waals surface area (Å²) in [5.41, 5.74) is 8.67. The molecule has 1 heterocycles. The van der Waals surface area contributed by atoms with Crippen LogP contribution < -0.4 is 19.9 Å². The predicted molar refractivity (Wildman–Crippen MR) is 125 cm³/mol. The Labute approximate surface area is 200 Å². The second-order valence-corrected chi connectivity index (χ2v) is 8.22. The van der Waals surface area contributed by atoms with Crippen molar-refractivity contribution in [1.29, 1.82) is 5.26 Å². The number of fused-ring (bicyclic) bond motifs is 1. The van der Waals surface area contributed by atoms with E-state index in [4.69, 9.17) is 43.1 Å². The third kappa shape index (κ3) is 4.90. The number of halogens is 2. The zero-order chi connectivity index (χ0) is 23.5. The van der Waals surface area contributed by atoms with Crippen LogP contribution in [0.25, 0.3) is 0 Å². The number of hydrogen-bond acceptors (Lipinski definition) is 6. The number of carbonyl (C=O) groups is 1. The number of hydrogen-bond donors (Lipinski definition) is 1. The van der Waals surface area contributed by atoms with Crippen LogP contribution in [0.3, 0.4) is 0 Å². The summed E-state index contributed by atoms with van der Waals surface area (Å²) in [6.45, 7) is 1.55. The monoisotopic (exact) mass is 480 g/mol. The first-order chi connectivity index (χ1) is 15.9. The highest BCUT2D eigenvalue weighted by Crippen LogP contribution is 2.43. The number of allylic oxidation sites excluding steroid dienone is 1. The number of carbonyl (C=O) groups excluding carboxylic acids is 1. The summed E-state index contributed by atoms with van der Waals surface area (Å²) in [5, 5.41) is 10.8. The molecular weight excluding hydrogens is 463 g/mol. The van der Waals surface area contributed by atoms with Crippen molar-refractivity contribution in [3.63, 3.8) is 0 Å². The van der Waals surface area contributed by atoms with Crippen molar-refractivity contribution in [3.8, 4) is 23.3 Å². The Morgan fingerprint density at radius 2 is 1.82 bits per heavy atom. The van der Waals surface area contributed by atoms with Gasteiger partial charge in [0.2, 0.25) is 5.88 Å². The summed E-state index contributed by atoms with van der Waals surface area (Å²) in [7, 11) is 0. The molecule has 33 heavy (non-hydrogen) atoms. The first kappa shape index (κ1) is 22.5. The van der Waals surface area contributed by atoms with Crippen LogP contribution in [0.5, 0.6) is 17.2 Å². The van der Waals surface area contributed by atoms with Gasteiger partial charge in [-0.3, -0.25) is 0 Å². The van der Waals surface area contributed by atoms with Gasteiger partial charge in [-0.1, -0.05) is 41.4 Å². The molecule has 1 atom stereocenters. The van der Waals surface area contributed by atoms with Crippen molar-refractivity contribution in [2.75, 3.05) is 6.61 Å². The van der Waals surface area contributed by atoms with E-state index in [1.807, 2.05) is 19.1 Å². The maximum absolute atomic E-state index is 12.3. The maximum Gasteiger partial charge on any atom is 0.349 e. The van der Waals surface area contributed by atoms with E-state index in [2.05, 4.69) is 6.07 Å². The number of nitrogens with two attached hydrogens (primary N) is 1. The fourth-order valence-corrected chi connectivity index (χ4v) is 3.92. The third-order valence-corrected chi connectivity index (χ3v) is 5.60. The van der Waals surface area contributed by atoms with Gasteiger partial charge in [-0.15, -0.1) is 0 Å². The highest BCUT2D eigenvalue weighted by atomic mass is 35.5. The van der Waals surface area contributed by atoms with Crippen molar-refractivity contribution < 1.29 is 19.0 Å². The number of rotatable bonds is 5. The lowest BCUT2D eigenvalue weighted by Gasteiger charge is -2.26. The molecule has 166 valence electrons. The standard InChI is InChI=1S/C25H18Cl2N2O4/c1-14-10-17(27)6-9-21(14)31-13-23(30)32-18-7-8-19-22(11-18)33-25(29)20(12-28)24(19)15-2-4-16(26)5-3-15/h2-11,24H,13,29H2,1H3. The molecule has 0 radical (unpaired) electrons. The summed E-state index contributed by atoms with van der Waals surface area (Å²) in [5.74, 6) is 0.171. The second kappa shape index (κ2) is 9.45. The minimum Gasteiger partial charge on any atom is -0.482 e. The van der Waals surface area contributed by atoms with Gasteiger partial charge in [0.05, 0.1) is 5.92 Å². The molecule has 8 heteroatoms. The van der Waals surface area contributed by atoms with E-state index in [1.54, 1.807) is 48.5 Å². The van der Waals surface area contributed by atoms with Gasteiger partial charge < -0.3 is 19.9 Å². The van der Waals surface area contributed by atoms with E-state index >= 15 is 0 Å². The van der Waals surface area contributed by atoms with Crippen LogP contribution >= 0.6 is 23.2 Å². The molecule has 1 aliphatic heterocycles. The van der Waals surface area contributed by atoms with E-state index in [9.17, 15) is 10.1 Å². The normalized spacial score (nSPS) is 14.7. The van der Waals surface area contributed by atoms with Crippen LogP contribution in [0.15, 0.2) is 72.1 Å². The molecule has 0 aromatic heterocycles. The molecule has 3 aromatic rings. The Hall–Kier alpha value is -3.66. The van der Waals surface area contributed by atoms with Crippen LogP contribution in [0.2, 0.25) is 10.0 Å². The Bertz CT molecular complexity index is 1300. The van der Waals surface area contributed by atoms with Crippen molar-refractivity contribution in [2.45, 2.75) is 12.8 Å². The minimum atomic E-state index is -0.587. The molecular formula is C25H18Cl2N2O4. The van der Waals surface area contributed by atoms with Gasteiger partial charge in [-0.25, -0.2) is 4.79 Å². The van der Waals surface area contributed by atoms with Gasteiger partial charge in [-0.2, -0.15) is 5.26 Å². The van der Waals surface area contributed by atoms with Gasteiger partial charge in [0, 0.05) is 21.7 Å². The number of benzene rings is 3. The zero-order valence-corrected chi connectivity index (χ0v) is 19.0. The molecule has 0 amide bonds. The van der Waals surface area contributed by atoms with E-state index in [1.165, 1.54) is 0 Å². The maximum atomic E-state index is 12.3. The van der Waals surface area contributed by atoms with E-state index < -0.39 is 11.9 Å². The van der Waals surface area contributed by atoms with Crippen molar-refractivity contribution in [2.24, 2.45) is 5.73 Å². The predicted octanol–water partition coefficient (Wildman–Crippen LogP) is 5.50. The summed E-state index contributed by atoms with van der Waals surface area (Å²) in [6.07, 6.45) is 0. The van der Waals surface area contributed by atoms with Crippen LogP contribution in [-0.4, -0.2) is 12.6 Å². The summed E-state index contributed by atoms with van der Waals surface area (Å²) >= 11 is 11.9. The zero-order valence-electron chi connectivity index (χ0n) is 17.5. The number of nitriles is 1. The lowest BCUT2D eigenvalue weighted by atomic mass is 9.83. The Kier molecular flexibility index (Phi) is 6.45. The summed E-state index contributed by atoms with van der Waals surface area (Å²) in [6, 6.07) is 19.3. The van der Waals surface area contributed by atoms with Gasteiger partial charge in [0.1, 0.15) is 28.9 Å². The van der Waals surface area contributed by atoms with Gasteiger partial charge in [-0.05, 0) is 54.4 Å². The number of esters is 1. The molecule has 0 spiro atoms. The minimum absolute atomic E-state index is 0.00465. The Morgan fingerprint density at radius 1 is 1.09 bits per heavy atom. The van der Waals surface area contributed by atoms with E-state index in [0.717, 1.165) is 16.7 Å². The fourth-order valence-electron chi connectivity index (χ4n) is 3.57. The second-order valence-electron chi connectivity index (χ2n) is 7.35. The first-order valence-electron chi connectivity index (χ1n) is 9.92. The van der Waals surface area contributed by atoms with Crippen LogP contribution in [0.1, 0.15) is 22.6 Å². The van der Waals surface area contributed by atoms with Gasteiger partial charge in [0.15, 0.2) is 6.61 Å². The fraction of sp³-hybridized carbons (Fsp3) is 0.120.